The SMILES string of the molecule is CCOC(=O)Nn1c(P(=O)(OCC)OCC)c(-c2ccco2)[nH]c1=O. The smallest absolute Gasteiger partial charge is 0.426 e. The zero-order chi connectivity index (χ0) is 18.4. The first-order chi connectivity index (χ1) is 12.0. The van der Waals surface area contributed by atoms with E-state index in [-0.39, 0.29) is 36.7 Å². The normalized spacial score (nSPS) is 11.5. The molecule has 0 bridgehead atoms. The zero-order valence-electron chi connectivity index (χ0n) is 14.1. The third-order valence-corrected chi connectivity index (χ3v) is 5.11. The number of rotatable bonds is 8. The van der Waals surface area contributed by atoms with E-state index >= 15 is 0 Å². The molecule has 0 aromatic carbocycles. The highest BCUT2D eigenvalue weighted by atomic mass is 31.2. The third-order valence-electron chi connectivity index (χ3n) is 2.97. The minimum atomic E-state index is -3.94. The van der Waals surface area contributed by atoms with Gasteiger partial charge >= 0.3 is 19.4 Å². The Balaban J connectivity index is 2.65. The summed E-state index contributed by atoms with van der Waals surface area (Å²) in [4.78, 5) is 26.6. The number of furan rings is 1. The van der Waals surface area contributed by atoms with E-state index < -0.39 is 19.4 Å². The number of hydrogen-bond donors (Lipinski definition) is 2. The molecule has 25 heavy (non-hydrogen) atoms. The fourth-order valence-corrected chi connectivity index (χ4v) is 3.96. The van der Waals surface area contributed by atoms with Crippen LogP contribution in [0.5, 0.6) is 0 Å². The van der Waals surface area contributed by atoms with Crippen LogP contribution in [0.15, 0.2) is 27.6 Å². The molecule has 2 aromatic rings. The Morgan fingerprint density at radius 1 is 1.28 bits per heavy atom. The summed E-state index contributed by atoms with van der Waals surface area (Å²) < 4.78 is 34.7. The highest BCUT2D eigenvalue weighted by molar-refractivity contribution is 7.62. The van der Waals surface area contributed by atoms with E-state index in [0.717, 1.165) is 4.68 Å². The fraction of sp³-hybridized carbons (Fsp3) is 0.429. The van der Waals surface area contributed by atoms with Crippen LogP contribution in [0.3, 0.4) is 0 Å². The minimum Gasteiger partial charge on any atom is -0.463 e. The molecule has 11 heteroatoms. The van der Waals surface area contributed by atoms with Crippen LogP contribution in [0.25, 0.3) is 11.5 Å². The number of ether oxygens (including phenoxy) is 1. The molecule has 10 nitrogen and oxygen atoms in total. The Bertz CT molecular complexity index is 799. The molecule has 0 radical (unpaired) electrons. The summed E-state index contributed by atoms with van der Waals surface area (Å²) in [7, 11) is -3.94. The molecule has 1 amide bonds. The molecule has 2 N–H and O–H groups in total. The average Bonchev–Trinajstić information content (AvgIpc) is 3.17. The fourth-order valence-electron chi connectivity index (χ4n) is 2.14. The Morgan fingerprint density at radius 3 is 2.48 bits per heavy atom. The molecule has 0 aliphatic carbocycles. The Kier molecular flexibility index (Phi) is 6.24. The molecule has 0 spiro atoms. The molecule has 0 saturated carbocycles. The van der Waals surface area contributed by atoms with Crippen LogP contribution in [0.4, 0.5) is 4.79 Å². The number of carbonyl (C=O) groups is 1. The van der Waals surface area contributed by atoms with Crippen LogP contribution >= 0.6 is 7.60 Å². The van der Waals surface area contributed by atoms with Gasteiger partial charge in [-0.25, -0.2) is 15.0 Å². The second-order valence-electron chi connectivity index (χ2n) is 4.61. The van der Waals surface area contributed by atoms with Crippen LogP contribution in [0.1, 0.15) is 20.8 Å². The van der Waals surface area contributed by atoms with Crippen molar-refractivity contribution in [3.8, 4) is 11.5 Å². The van der Waals surface area contributed by atoms with Gasteiger partial charge in [-0.15, -0.1) is 0 Å². The van der Waals surface area contributed by atoms with Gasteiger partial charge < -0.3 is 23.2 Å². The number of imidazole rings is 1. The van der Waals surface area contributed by atoms with Gasteiger partial charge in [0.05, 0.1) is 26.1 Å². The second kappa shape index (κ2) is 8.19. The molecule has 2 heterocycles. The summed E-state index contributed by atoms with van der Waals surface area (Å²) in [6.45, 7) is 5.10. The number of amides is 1. The second-order valence-corrected chi connectivity index (χ2v) is 6.54. The lowest BCUT2D eigenvalue weighted by Gasteiger charge is -2.19. The number of carbonyl (C=O) groups excluding carboxylic acids is 1. The van der Waals surface area contributed by atoms with E-state index in [1.807, 2.05) is 0 Å². The first-order valence-corrected chi connectivity index (χ1v) is 9.23. The van der Waals surface area contributed by atoms with Crippen LogP contribution in [0.2, 0.25) is 0 Å². The lowest BCUT2D eigenvalue weighted by molar-refractivity contribution is 0.164. The summed E-state index contributed by atoms with van der Waals surface area (Å²) in [5.41, 5.74) is 1.37. The summed E-state index contributed by atoms with van der Waals surface area (Å²) in [6, 6.07) is 3.16. The van der Waals surface area contributed by atoms with Gasteiger partial charge in [0.25, 0.3) is 0 Å². The number of nitrogens with zero attached hydrogens (tertiary/aromatic N) is 1. The molecule has 0 aliphatic heterocycles. The van der Waals surface area contributed by atoms with Gasteiger partial charge in [0.2, 0.25) is 0 Å². The predicted molar refractivity (Wildman–Crippen MR) is 89.6 cm³/mol. The highest BCUT2D eigenvalue weighted by Crippen LogP contribution is 2.48. The molecular weight excluding hydrogens is 353 g/mol. The van der Waals surface area contributed by atoms with E-state index in [4.69, 9.17) is 18.2 Å². The van der Waals surface area contributed by atoms with Crippen molar-refractivity contribution in [2.24, 2.45) is 0 Å². The molecule has 0 saturated heterocycles. The van der Waals surface area contributed by atoms with Gasteiger partial charge in [-0.05, 0) is 32.9 Å². The van der Waals surface area contributed by atoms with Crippen LogP contribution in [0, 0.1) is 0 Å². The number of aromatic nitrogens is 2. The number of hydrogen-bond acceptors (Lipinski definition) is 7. The molecular formula is C14H20N3O7P. The van der Waals surface area contributed by atoms with E-state index in [1.165, 1.54) is 6.26 Å². The van der Waals surface area contributed by atoms with E-state index in [0.29, 0.717) is 0 Å². The minimum absolute atomic E-state index is 0.0631. The highest BCUT2D eigenvalue weighted by Gasteiger charge is 2.38. The van der Waals surface area contributed by atoms with Gasteiger partial charge in [0, 0.05) is 0 Å². The topological polar surface area (TPSA) is 125 Å². The summed E-state index contributed by atoms with van der Waals surface area (Å²) in [6.07, 6.45) is 0.496. The van der Waals surface area contributed by atoms with Gasteiger partial charge in [-0.2, -0.15) is 4.68 Å². The Hall–Kier alpha value is -2.29. The van der Waals surface area contributed by atoms with Crippen molar-refractivity contribution < 1.29 is 27.6 Å². The monoisotopic (exact) mass is 373 g/mol. The van der Waals surface area contributed by atoms with Crippen molar-refractivity contribution in [2.45, 2.75) is 20.8 Å². The number of aromatic amines is 1. The molecule has 2 aromatic heterocycles. The first kappa shape index (κ1) is 19.0. The maximum Gasteiger partial charge on any atom is 0.426 e. The quantitative estimate of drug-likeness (QED) is 0.678. The maximum atomic E-state index is 13.2. The van der Waals surface area contributed by atoms with E-state index in [2.05, 4.69) is 10.4 Å². The number of H-pyrrole nitrogens is 1. The van der Waals surface area contributed by atoms with Gasteiger partial charge in [-0.1, -0.05) is 0 Å². The van der Waals surface area contributed by atoms with Crippen molar-refractivity contribution >= 4 is 19.1 Å². The lowest BCUT2D eigenvalue weighted by atomic mass is 10.3. The molecule has 0 aliphatic rings. The summed E-state index contributed by atoms with van der Waals surface area (Å²) in [5.74, 6) is 0.233. The number of nitrogens with one attached hydrogen (secondary N) is 2. The van der Waals surface area contributed by atoms with Crippen molar-refractivity contribution in [1.29, 1.82) is 0 Å². The van der Waals surface area contributed by atoms with Crippen molar-refractivity contribution in [3.63, 3.8) is 0 Å². The molecule has 0 atom stereocenters. The van der Waals surface area contributed by atoms with Crippen LogP contribution in [-0.4, -0.2) is 35.6 Å². The summed E-state index contributed by atoms with van der Waals surface area (Å²) in [5, 5.41) is 0. The molecule has 0 unspecified atom stereocenters. The predicted octanol–water partition coefficient (Wildman–Crippen LogP) is 2.03. The first-order valence-electron chi connectivity index (χ1n) is 7.69. The Morgan fingerprint density at radius 2 is 1.96 bits per heavy atom. The van der Waals surface area contributed by atoms with Gasteiger partial charge in [-0.3, -0.25) is 4.57 Å². The van der Waals surface area contributed by atoms with Crippen molar-refractivity contribution in [2.75, 3.05) is 25.2 Å². The molecule has 2 rings (SSSR count). The largest absolute Gasteiger partial charge is 0.463 e. The zero-order valence-corrected chi connectivity index (χ0v) is 15.0. The molecule has 138 valence electrons. The van der Waals surface area contributed by atoms with Gasteiger partial charge in [0.15, 0.2) is 11.2 Å². The van der Waals surface area contributed by atoms with Gasteiger partial charge in [0.1, 0.15) is 5.69 Å². The standard InChI is InChI=1S/C14H20N3O7P/c1-4-21-14(19)16-17-12(25(20,23-5-2)24-6-3)11(15-13(17)18)10-8-7-9-22-10/h7-9H,4-6H2,1-3H3,(H,15,18)(H,16,19). The van der Waals surface area contributed by atoms with Crippen LogP contribution in [-0.2, 0) is 18.3 Å². The van der Waals surface area contributed by atoms with E-state index in [9.17, 15) is 14.2 Å². The lowest BCUT2D eigenvalue weighted by Crippen LogP contribution is -2.39. The van der Waals surface area contributed by atoms with Crippen molar-refractivity contribution in [1.82, 2.24) is 9.66 Å². The third kappa shape index (κ3) is 4.04. The summed E-state index contributed by atoms with van der Waals surface area (Å²) >= 11 is 0. The van der Waals surface area contributed by atoms with Crippen LogP contribution < -0.4 is 16.6 Å². The molecule has 0 fully saturated rings. The van der Waals surface area contributed by atoms with E-state index in [1.54, 1.807) is 32.9 Å². The van der Waals surface area contributed by atoms with Crippen molar-refractivity contribution in [3.05, 3.63) is 28.9 Å². The maximum absolute atomic E-state index is 13.2. The average molecular weight is 373 g/mol. The Labute approximate surface area is 143 Å².